The first kappa shape index (κ1) is 22.8. The van der Waals surface area contributed by atoms with Crippen molar-refractivity contribution in [2.24, 2.45) is 0 Å². The zero-order valence-electron chi connectivity index (χ0n) is 17.9. The molecule has 1 aliphatic heterocycles. The zero-order valence-corrected chi connectivity index (χ0v) is 17.9. The minimum atomic E-state index is -0.987. The van der Waals surface area contributed by atoms with Crippen molar-refractivity contribution in [2.45, 2.75) is 6.92 Å². The Balaban J connectivity index is 1.61. The molecular formula is C21H24N4O7. The van der Waals surface area contributed by atoms with Crippen LogP contribution in [0.15, 0.2) is 36.5 Å². The summed E-state index contributed by atoms with van der Waals surface area (Å²) in [6.45, 7) is 3.55. The number of anilines is 1. The average molecular weight is 444 g/mol. The number of hydrogen-bond donors (Lipinski definition) is 0. The number of nitrogens with zero attached hydrogens (tertiary/aromatic N) is 4. The fourth-order valence-electron chi connectivity index (χ4n) is 3.31. The van der Waals surface area contributed by atoms with Gasteiger partial charge in [-0.05, 0) is 19.1 Å². The van der Waals surface area contributed by atoms with Crippen molar-refractivity contribution >= 4 is 23.4 Å². The fraction of sp³-hybridized carbons (Fsp3) is 0.381. The number of nitro benzene ring substituents is 1. The minimum Gasteiger partial charge on any atom is -0.493 e. The standard InChI is InChI=1S/C21H24N4O7/c1-3-31-18-13-16(25(28)29)15(12-17(18)30-2)21(27)32-14-20(26)24-10-8-23(9-11-24)19-6-4-5-7-22-19/h4-7,12-13H,3,8-11,14H2,1-2H3. The molecule has 1 aromatic heterocycles. The number of amides is 1. The lowest BCUT2D eigenvalue weighted by Crippen LogP contribution is -2.50. The van der Waals surface area contributed by atoms with Gasteiger partial charge >= 0.3 is 5.97 Å². The molecule has 0 saturated carbocycles. The van der Waals surface area contributed by atoms with E-state index in [2.05, 4.69) is 9.88 Å². The van der Waals surface area contributed by atoms with Crippen LogP contribution >= 0.6 is 0 Å². The van der Waals surface area contributed by atoms with Crippen LogP contribution in [0.4, 0.5) is 11.5 Å². The molecule has 1 amide bonds. The monoisotopic (exact) mass is 444 g/mol. The van der Waals surface area contributed by atoms with Gasteiger partial charge in [0.15, 0.2) is 18.1 Å². The first-order valence-electron chi connectivity index (χ1n) is 10.0. The van der Waals surface area contributed by atoms with Crippen molar-refractivity contribution in [2.75, 3.05) is 51.4 Å². The first-order valence-corrected chi connectivity index (χ1v) is 10.0. The lowest BCUT2D eigenvalue weighted by molar-refractivity contribution is -0.385. The Labute approximate surface area is 184 Å². The van der Waals surface area contributed by atoms with Crippen molar-refractivity contribution in [3.05, 3.63) is 52.2 Å². The second-order valence-corrected chi connectivity index (χ2v) is 6.84. The molecule has 11 heteroatoms. The van der Waals surface area contributed by atoms with Crippen LogP contribution in [0, 0.1) is 10.1 Å². The second kappa shape index (κ2) is 10.4. The molecule has 1 aliphatic rings. The van der Waals surface area contributed by atoms with Gasteiger partial charge in [-0.1, -0.05) is 6.07 Å². The average Bonchev–Trinajstić information content (AvgIpc) is 2.82. The summed E-state index contributed by atoms with van der Waals surface area (Å²) in [4.78, 5) is 43.7. The van der Waals surface area contributed by atoms with Gasteiger partial charge in [0.05, 0.1) is 24.7 Å². The van der Waals surface area contributed by atoms with Crippen LogP contribution in [0.3, 0.4) is 0 Å². The van der Waals surface area contributed by atoms with Crippen molar-refractivity contribution in [3.8, 4) is 11.5 Å². The molecule has 11 nitrogen and oxygen atoms in total. The van der Waals surface area contributed by atoms with E-state index in [9.17, 15) is 19.7 Å². The summed E-state index contributed by atoms with van der Waals surface area (Å²) in [6, 6.07) is 7.92. The largest absolute Gasteiger partial charge is 0.493 e. The molecule has 0 spiro atoms. The summed E-state index contributed by atoms with van der Waals surface area (Å²) in [7, 11) is 1.35. The highest BCUT2D eigenvalue weighted by molar-refractivity contribution is 5.96. The molecule has 2 aromatic rings. The molecule has 0 N–H and O–H groups in total. The molecule has 1 fully saturated rings. The SMILES string of the molecule is CCOc1cc([N+](=O)[O-])c(C(=O)OCC(=O)N2CCN(c3ccccn3)CC2)cc1OC. The molecule has 0 unspecified atom stereocenters. The molecule has 2 heterocycles. The highest BCUT2D eigenvalue weighted by Crippen LogP contribution is 2.35. The van der Waals surface area contributed by atoms with Gasteiger partial charge in [0.1, 0.15) is 11.4 Å². The van der Waals surface area contributed by atoms with Gasteiger partial charge in [0.25, 0.3) is 11.6 Å². The molecule has 3 rings (SSSR count). The molecule has 0 atom stereocenters. The Morgan fingerprint density at radius 2 is 1.91 bits per heavy atom. The third-order valence-electron chi connectivity index (χ3n) is 4.93. The van der Waals surface area contributed by atoms with Gasteiger partial charge in [0, 0.05) is 38.4 Å². The highest BCUT2D eigenvalue weighted by atomic mass is 16.6. The summed E-state index contributed by atoms with van der Waals surface area (Å²) in [5.74, 6) is -0.234. The number of ether oxygens (including phenoxy) is 3. The zero-order chi connectivity index (χ0) is 23.1. The minimum absolute atomic E-state index is 0.139. The lowest BCUT2D eigenvalue weighted by Gasteiger charge is -2.35. The van der Waals surface area contributed by atoms with E-state index in [-0.39, 0.29) is 29.6 Å². The van der Waals surface area contributed by atoms with Crippen LogP contribution in [-0.2, 0) is 9.53 Å². The summed E-state index contributed by atoms with van der Waals surface area (Å²) in [5.41, 5.74) is -0.807. The van der Waals surface area contributed by atoms with Crippen LogP contribution in [0.1, 0.15) is 17.3 Å². The predicted molar refractivity (Wildman–Crippen MR) is 114 cm³/mol. The molecule has 170 valence electrons. The van der Waals surface area contributed by atoms with Gasteiger partial charge in [-0.2, -0.15) is 0 Å². The van der Waals surface area contributed by atoms with Gasteiger partial charge in [-0.3, -0.25) is 14.9 Å². The van der Waals surface area contributed by atoms with E-state index in [0.717, 1.165) is 11.9 Å². The van der Waals surface area contributed by atoms with Crippen molar-refractivity contribution in [1.29, 1.82) is 0 Å². The Morgan fingerprint density at radius 1 is 1.16 bits per heavy atom. The van der Waals surface area contributed by atoms with E-state index >= 15 is 0 Å². The number of nitro groups is 1. The summed E-state index contributed by atoms with van der Waals surface area (Å²) >= 11 is 0. The number of esters is 1. The molecule has 0 radical (unpaired) electrons. The second-order valence-electron chi connectivity index (χ2n) is 6.84. The molecule has 0 aliphatic carbocycles. The van der Waals surface area contributed by atoms with Crippen LogP contribution < -0.4 is 14.4 Å². The van der Waals surface area contributed by atoms with Crippen LogP contribution in [-0.4, -0.2) is 73.2 Å². The Morgan fingerprint density at radius 3 is 2.50 bits per heavy atom. The molecule has 1 aromatic carbocycles. The number of carbonyl (C=O) groups excluding carboxylic acids is 2. The third-order valence-corrected chi connectivity index (χ3v) is 4.93. The number of aromatic nitrogens is 1. The smallest absolute Gasteiger partial charge is 0.345 e. The molecule has 0 bridgehead atoms. The summed E-state index contributed by atoms with van der Waals surface area (Å²) in [5, 5.41) is 11.4. The third kappa shape index (κ3) is 5.23. The number of rotatable bonds is 8. The normalized spacial score (nSPS) is 13.4. The van der Waals surface area contributed by atoms with E-state index < -0.39 is 23.2 Å². The fourth-order valence-corrected chi connectivity index (χ4v) is 3.31. The number of benzene rings is 1. The van der Waals surface area contributed by atoms with E-state index in [1.165, 1.54) is 13.2 Å². The Kier molecular flexibility index (Phi) is 7.42. The number of methoxy groups -OCH3 is 1. The number of hydrogen-bond acceptors (Lipinski definition) is 9. The Hall–Kier alpha value is -3.89. The quantitative estimate of drug-likeness (QED) is 0.341. The predicted octanol–water partition coefficient (Wildman–Crippen LogP) is 1.90. The van der Waals surface area contributed by atoms with E-state index in [1.54, 1.807) is 18.0 Å². The summed E-state index contributed by atoms with van der Waals surface area (Å²) in [6.07, 6.45) is 1.71. The van der Waals surface area contributed by atoms with Crippen molar-refractivity contribution < 1.29 is 28.7 Å². The molecule has 1 saturated heterocycles. The number of pyridine rings is 1. The number of carbonyl (C=O) groups is 2. The van der Waals surface area contributed by atoms with Gasteiger partial charge in [0.2, 0.25) is 0 Å². The van der Waals surface area contributed by atoms with E-state index in [0.29, 0.717) is 26.2 Å². The first-order chi connectivity index (χ1) is 15.4. The maximum absolute atomic E-state index is 12.5. The van der Waals surface area contributed by atoms with Gasteiger partial charge < -0.3 is 24.0 Å². The molecular weight excluding hydrogens is 420 g/mol. The lowest BCUT2D eigenvalue weighted by atomic mass is 10.1. The molecule has 32 heavy (non-hydrogen) atoms. The van der Waals surface area contributed by atoms with Crippen molar-refractivity contribution in [3.63, 3.8) is 0 Å². The highest BCUT2D eigenvalue weighted by Gasteiger charge is 2.28. The topological polar surface area (TPSA) is 124 Å². The van der Waals surface area contributed by atoms with Crippen molar-refractivity contribution in [1.82, 2.24) is 9.88 Å². The summed E-state index contributed by atoms with van der Waals surface area (Å²) < 4.78 is 15.6. The van der Waals surface area contributed by atoms with E-state index in [1.807, 2.05) is 18.2 Å². The van der Waals surface area contributed by atoms with Gasteiger partial charge in [-0.25, -0.2) is 9.78 Å². The maximum atomic E-state index is 12.5. The maximum Gasteiger partial charge on any atom is 0.345 e. The van der Waals surface area contributed by atoms with E-state index in [4.69, 9.17) is 14.2 Å². The van der Waals surface area contributed by atoms with Crippen LogP contribution in [0.25, 0.3) is 0 Å². The van der Waals surface area contributed by atoms with Crippen LogP contribution in [0.2, 0.25) is 0 Å². The number of piperazine rings is 1. The Bertz CT molecular complexity index is 976. The van der Waals surface area contributed by atoms with Gasteiger partial charge in [-0.15, -0.1) is 0 Å². The van der Waals surface area contributed by atoms with Crippen LogP contribution in [0.5, 0.6) is 11.5 Å².